The van der Waals surface area contributed by atoms with Gasteiger partial charge in [-0.25, -0.2) is 0 Å². The third kappa shape index (κ3) is 2.63. The standard InChI is InChI=1S/C16H16N4O4/c1-9-11(7-8-21)15(24)20(19-9)16-17-13(22)12(14(23)18-16)10-5-3-2-4-6-10/h2-6,19,21H,7-8H2,1H3,(H2,17,18,22,23). The van der Waals surface area contributed by atoms with Crippen LogP contribution in [0.1, 0.15) is 11.3 Å². The van der Waals surface area contributed by atoms with Gasteiger partial charge in [-0.2, -0.15) is 9.67 Å². The van der Waals surface area contributed by atoms with E-state index in [0.29, 0.717) is 16.8 Å². The van der Waals surface area contributed by atoms with Gasteiger partial charge in [-0.1, -0.05) is 30.3 Å². The summed E-state index contributed by atoms with van der Waals surface area (Å²) >= 11 is 0. The number of aliphatic hydroxyl groups is 1. The maximum atomic E-state index is 12.3. The number of aromatic hydroxyl groups is 1. The zero-order valence-electron chi connectivity index (χ0n) is 12.9. The van der Waals surface area contributed by atoms with Gasteiger partial charge in [0.2, 0.25) is 11.8 Å². The number of aromatic nitrogens is 4. The van der Waals surface area contributed by atoms with Gasteiger partial charge in [-0.05, 0) is 12.5 Å². The minimum Gasteiger partial charge on any atom is -0.493 e. The van der Waals surface area contributed by atoms with Gasteiger partial charge >= 0.3 is 0 Å². The van der Waals surface area contributed by atoms with Crippen LogP contribution in [0.25, 0.3) is 17.1 Å². The number of hydrogen-bond donors (Lipinski definition) is 4. The van der Waals surface area contributed by atoms with Gasteiger partial charge < -0.3 is 10.2 Å². The number of benzene rings is 1. The molecule has 3 aromatic rings. The molecule has 0 radical (unpaired) electrons. The molecule has 124 valence electrons. The van der Waals surface area contributed by atoms with Crippen molar-refractivity contribution in [3.05, 3.63) is 62.3 Å². The molecule has 0 aliphatic heterocycles. The molecule has 0 bridgehead atoms. The zero-order valence-corrected chi connectivity index (χ0v) is 12.9. The van der Waals surface area contributed by atoms with E-state index in [4.69, 9.17) is 5.11 Å². The summed E-state index contributed by atoms with van der Waals surface area (Å²) in [6.45, 7) is 1.51. The molecule has 2 aromatic heterocycles. The Morgan fingerprint density at radius 1 is 1.21 bits per heavy atom. The highest BCUT2D eigenvalue weighted by atomic mass is 16.3. The minimum absolute atomic E-state index is 0.0336. The highest BCUT2D eigenvalue weighted by Gasteiger charge is 2.17. The third-order valence-corrected chi connectivity index (χ3v) is 3.72. The van der Waals surface area contributed by atoms with Gasteiger partial charge in [-0.3, -0.25) is 19.7 Å². The van der Waals surface area contributed by atoms with E-state index >= 15 is 0 Å². The fourth-order valence-electron chi connectivity index (χ4n) is 2.56. The molecule has 0 spiro atoms. The quantitative estimate of drug-likeness (QED) is 0.554. The van der Waals surface area contributed by atoms with Crippen LogP contribution in [0.5, 0.6) is 5.88 Å². The first-order valence-electron chi connectivity index (χ1n) is 7.33. The highest BCUT2D eigenvalue weighted by molar-refractivity contribution is 5.67. The SMILES string of the molecule is Cc1[nH]n(-c2nc(O)c(-c3ccccc3)c(=O)[nH]2)c(=O)c1CCO. The fourth-order valence-corrected chi connectivity index (χ4v) is 2.56. The Bertz CT molecular complexity index is 986. The number of nitrogens with one attached hydrogen (secondary N) is 2. The van der Waals surface area contributed by atoms with E-state index in [0.717, 1.165) is 4.68 Å². The van der Waals surface area contributed by atoms with Crippen LogP contribution in [0.4, 0.5) is 0 Å². The molecule has 0 saturated heterocycles. The lowest BCUT2D eigenvalue weighted by Crippen LogP contribution is -2.23. The van der Waals surface area contributed by atoms with Crippen molar-refractivity contribution >= 4 is 0 Å². The van der Waals surface area contributed by atoms with E-state index in [9.17, 15) is 14.7 Å². The lowest BCUT2D eigenvalue weighted by molar-refractivity contribution is 0.299. The summed E-state index contributed by atoms with van der Waals surface area (Å²) in [6.07, 6.45) is 0.187. The topological polar surface area (TPSA) is 124 Å². The van der Waals surface area contributed by atoms with Crippen molar-refractivity contribution in [2.45, 2.75) is 13.3 Å². The summed E-state index contributed by atoms with van der Waals surface area (Å²) in [5.74, 6) is -0.586. The molecule has 1 aromatic carbocycles. The number of hydrogen-bond acceptors (Lipinski definition) is 5. The zero-order chi connectivity index (χ0) is 17.3. The molecule has 24 heavy (non-hydrogen) atoms. The molecule has 0 atom stereocenters. The minimum atomic E-state index is -0.563. The average molecular weight is 328 g/mol. The molecule has 0 saturated carbocycles. The number of aliphatic hydroxyl groups excluding tert-OH is 1. The van der Waals surface area contributed by atoms with E-state index in [1.54, 1.807) is 37.3 Å². The molecule has 2 heterocycles. The van der Waals surface area contributed by atoms with Crippen molar-refractivity contribution in [2.24, 2.45) is 0 Å². The van der Waals surface area contributed by atoms with Crippen LogP contribution < -0.4 is 11.1 Å². The van der Waals surface area contributed by atoms with Gasteiger partial charge in [0, 0.05) is 24.3 Å². The Morgan fingerprint density at radius 2 is 1.92 bits per heavy atom. The molecule has 0 aliphatic rings. The van der Waals surface area contributed by atoms with Crippen molar-refractivity contribution in [3.8, 4) is 23.0 Å². The van der Waals surface area contributed by atoms with E-state index < -0.39 is 17.0 Å². The number of aromatic amines is 2. The van der Waals surface area contributed by atoms with Crippen LogP contribution >= 0.6 is 0 Å². The Hall–Kier alpha value is -3.13. The Labute approximate surface area is 136 Å². The smallest absolute Gasteiger partial charge is 0.277 e. The van der Waals surface area contributed by atoms with Crippen molar-refractivity contribution < 1.29 is 10.2 Å². The van der Waals surface area contributed by atoms with Crippen LogP contribution in [-0.2, 0) is 6.42 Å². The fraction of sp³-hybridized carbons (Fsp3) is 0.188. The first-order valence-corrected chi connectivity index (χ1v) is 7.33. The number of aryl methyl sites for hydroxylation is 1. The Kier molecular flexibility index (Phi) is 4.05. The lowest BCUT2D eigenvalue weighted by atomic mass is 10.1. The molecule has 0 amide bonds. The predicted octanol–water partition coefficient (Wildman–Crippen LogP) is 0.465. The van der Waals surface area contributed by atoms with Crippen molar-refractivity contribution in [1.82, 2.24) is 19.7 Å². The second-order valence-corrected chi connectivity index (χ2v) is 5.28. The molecule has 4 N–H and O–H groups in total. The number of nitrogens with zero attached hydrogens (tertiary/aromatic N) is 2. The van der Waals surface area contributed by atoms with Crippen LogP contribution in [0, 0.1) is 6.92 Å². The average Bonchev–Trinajstić information content (AvgIpc) is 2.84. The number of H-pyrrole nitrogens is 2. The summed E-state index contributed by atoms with van der Waals surface area (Å²) < 4.78 is 1.04. The summed E-state index contributed by atoms with van der Waals surface area (Å²) in [6, 6.07) is 8.62. The van der Waals surface area contributed by atoms with E-state index in [1.165, 1.54) is 0 Å². The molecular formula is C16H16N4O4. The van der Waals surface area contributed by atoms with Gasteiger partial charge in [0.25, 0.3) is 11.1 Å². The van der Waals surface area contributed by atoms with Crippen LogP contribution in [0.3, 0.4) is 0 Å². The maximum absolute atomic E-state index is 12.3. The molecule has 0 aliphatic carbocycles. The van der Waals surface area contributed by atoms with Crippen LogP contribution in [0.15, 0.2) is 39.9 Å². The summed E-state index contributed by atoms with van der Waals surface area (Å²) in [5, 5.41) is 22.0. The molecule has 8 nitrogen and oxygen atoms in total. The first-order chi connectivity index (χ1) is 11.5. The van der Waals surface area contributed by atoms with Crippen molar-refractivity contribution in [2.75, 3.05) is 6.61 Å². The third-order valence-electron chi connectivity index (χ3n) is 3.72. The second kappa shape index (κ2) is 6.17. The molecule has 0 unspecified atom stereocenters. The molecule has 8 heteroatoms. The largest absolute Gasteiger partial charge is 0.493 e. The van der Waals surface area contributed by atoms with Gasteiger partial charge in [0.15, 0.2) is 0 Å². The molecule has 3 rings (SSSR count). The van der Waals surface area contributed by atoms with E-state index in [1.807, 2.05) is 0 Å². The second-order valence-electron chi connectivity index (χ2n) is 5.28. The highest BCUT2D eigenvalue weighted by Crippen LogP contribution is 2.23. The normalized spacial score (nSPS) is 10.9. The summed E-state index contributed by atoms with van der Waals surface area (Å²) in [4.78, 5) is 31.1. The summed E-state index contributed by atoms with van der Waals surface area (Å²) in [5.41, 5.74) is 0.510. The Balaban J connectivity index is 2.14. The first kappa shape index (κ1) is 15.8. The van der Waals surface area contributed by atoms with Crippen molar-refractivity contribution in [1.29, 1.82) is 0 Å². The maximum Gasteiger partial charge on any atom is 0.277 e. The van der Waals surface area contributed by atoms with Crippen molar-refractivity contribution in [3.63, 3.8) is 0 Å². The summed E-state index contributed by atoms with van der Waals surface area (Å²) in [7, 11) is 0. The van der Waals surface area contributed by atoms with Gasteiger partial charge in [0.1, 0.15) is 5.56 Å². The van der Waals surface area contributed by atoms with Crippen LogP contribution in [-0.4, -0.2) is 36.6 Å². The van der Waals surface area contributed by atoms with Gasteiger partial charge in [-0.15, -0.1) is 0 Å². The number of rotatable bonds is 4. The van der Waals surface area contributed by atoms with Crippen LogP contribution in [0.2, 0.25) is 0 Å². The van der Waals surface area contributed by atoms with E-state index in [-0.39, 0.29) is 24.5 Å². The predicted molar refractivity (Wildman–Crippen MR) is 87.4 cm³/mol. The molecule has 0 fully saturated rings. The lowest BCUT2D eigenvalue weighted by Gasteiger charge is -2.06. The van der Waals surface area contributed by atoms with Gasteiger partial charge in [0.05, 0.1) is 0 Å². The Morgan fingerprint density at radius 3 is 2.54 bits per heavy atom. The molecular weight excluding hydrogens is 312 g/mol. The van der Waals surface area contributed by atoms with E-state index in [2.05, 4.69) is 15.1 Å². The monoisotopic (exact) mass is 328 g/mol.